The molecule has 1 N–H and O–H groups in total. The van der Waals surface area contributed by atoms with Gasteiger partial charge in [0.15, 0.2) is 5.36 Å². The van der Waals surface area contributed by atoms with Gasteiger partial charge in [0.05, 0.1) is 22.4 Å². The van der Waals surface area contributed by atoms with Crippen LogP contribution in [0.15, 0.2) is 51.1 Å². The van der Waals surface area contributed by atoms with Crippen LogP contribution in [0.1, 0.15) is 53.0 Å². The van der Waals surface area contributed by atoms with E-state index in [1.807, 2.05) is 13.8 Å². The van der Waals surface area contributed by atoms with Gasteiger partial charge in [0.25, 0.3) is 11.8 Å². The smallest absolute Gasteiger partial charge is 0.287 e. The molecule has 0 saturated carbocycles. The van der Waals surface area contributed by atoms with E-state index in [-0.39, 0.29) is 33.6 Å². The average Bonchev–Trinajstić information content (AvgIpc) is 3.18. The van der Waals surface area contributed by atoms with Gasteiger partial charge in [-0.25, -0.2) is 0 Å². The van der Waals surface area contributed by atoms with Gasteiger partial charge in [-0.2, -0.15) is 18.3 Å². The highest BCUT2D eigenvalue weighted by atomic mass is 19.4. The molecule has 10 heteroatoms. The molecule has 3 aromatic rings. The Morgan fingerprint density at radius 2 is 1.61 bits per heavy atom. The first-order valence-electron chi connectivity index (χ1n) is 10.2. The first kappa shape index (κ1) is 22.4. The number of imide groups is 1. The van der Waals surface area contributed by atoms with Crippen molar-refractivity contribution in [3.63, 3.8) is 0 Å². The molecule has 1 aliphatic heterocycles. The monoisotopic (exact) mass is 457 g/mol. The number of alkyl halides is 3. The van der Waals surface area contributed by atoms with E-state index in [0.717, 1.165) is 12.1 Å². The van der Waals surface area contributed by atoms with Gasteiger partial charge in [-0.05, 0) is 43.2 Å². The molecule has 0 spiro atoms. The van der Waals surface area contributed by atoms with E-state index in [9.17, 15) is 32.3 Å². The Kier molecular flexibility index (Phi) is 5.39. The highest BCUT2D eigenvalue weighted by Gasteiger charge is 2.40. The SMILES string of the molecule is CCC(CC)N1C(=O)c2cccc(NN=c3c(=O)c4ccc(C(F)(F)F)cc4c3=O)c2C1=O. The number of fused-ring (bicyclic) bond motifs is 2. The maximum absolute atomic E-state index is 13.0. The Bertz CT molecular complexity index is 1450. The van der Waals surface area contributed by atoms with Gasteiger partial charge in [-0.3, -0.25) is 29.5 Å². The third-order valence-electron chi connectivity index (χ3n) is 5.81. The molecule has 3 aromatic carbocycles. The minimum atomic E-state index is -4.67. The van der Waals surface area contributed by atoms with Crippen LogP contribution < -0.4 is 21.6 Å². The fourth-order valence-electron chi connectivity index (χ4n) is 4.06. The molecule has 0 atom stereocenters. The lowest BCUT2D eigenvalue weighted by atomic mass is 10.1. The van der Waals surface area contributed by atoms with Crippen LogP contribution in [0.5, 0.6) is 0 Å². The fourth-order valence-corrected chi connectivity index (χ4v) is 4.06. The molecule has 0 bridgehead atoms. The van der Waals surface area contributed by atoms with Gasteiger partial charge in [0.2, 0.25) is 10.9 Å². The number of amides is 2. The predicted molar refractivity (Wildman–Crippen MR) is 114 cm³/mol. The zero-order valence-corrected chi connectivity index (χ0v) is 17.6. The summed E-state index contributed by atoms with van der Waals surface area (Å²) in [5.41, 5.74) is 0.000477. The topological polar surface area (TPSA) is 95.9 Å². The van der Waals surface area contributed by atoms with Gasteiger partial charge < -0.3 is 0 Å². The van der Waals surface area contributed by atoms with Crippen LogP contribution in [-0.2, 0) is 6.18 Å². The lowest BCUT2D eigenvalue weighted by Gasteiger charge is -2.23. The zero-order chi connectivity index (χ0) is 24.1. The van der Waals surface area contributed by atoms with Crippen molar-refractivity contribution < 1.29 is 22.8 Å². The predicted octanol–water partition coefficient (Wildman–Crippen LogP) is 3.17. The molecule has 0 radical (unpaired) electrons. The summed E-state index contributed by atoms with van der Waals surface area (Å²) in [6, 6.07) is 6.48. The normalized spacial score (nSPS) is 14.6. The van der Waals surface area contributed by atoms with Crippen molar-refractivity contribution in [2.45, 2.75) is 38.9 Å². The first-order chi connectivity index (χ1) is 15.6. The molecule has 0 aromatic heterocycles. The number of anilines is 1. The Morgan fingerprint density at radius 3 is 2.24 bits per heavy atom. The molecular formula is C23H18F3N3O4. The fraction of sp³-hybridized carbons (Fsp3) is 0.261. The zero-order valence-electron chi connectivity index (χ0n) is 17.6. The molecule has 0 unspecified atom stereocenters. The summed E-state index contributed by atoms with van der Waals surface area (Å²) in [6.07, 6.45) is -3.52. The lowest BCUT2D eigenvalue weighted by molar-refractivity contribution is -0.137. The van der Waals surface area contributed by atoms with Crippen molar-refractivity contribution in [2.75, 3.05) is 5.43 Å². The quantitative estimate of drug-likeness (QED) is 0.469. The molecule has 170 valence electrons. The van der Waals surface area contributed by atoms with Crippen LogP contribution in [0.3, 0.4) is 0 Å². The van der Waals surface area contributed by atoms with Crippen molar-refractivity contribution >= 4 is 28.3 Å². The number of benzene rings is 2. The van der Waals surface area contributed by atoms with E-state index in [1.165, 1.54) is 23.1 Å². The number of carbonyl (C=O) groups excluding carboxylic acids is 2. The maximum Gasteiger partial charge on any atom is 0.416 e. The van der Waals surface area contributed by atoms with Crippen LogP contribution in [0.2, 0.25) is 0 Å². The largest absolute Gasteiger partial charge is 0.416 e. The molecule has 0 aliphatic carbocycles. The van der Waals surface area contributed by atoms with E-state index >= 15 is 0 Å². The summed E-state index contributed by atoms with van der Waals surface area (Å²) in [4.78, 5) is 52.1. The van der Waals surface area contributed by atoms with Crippen molar-refractivity contribution in [1.82, 2.24) is 4.90 Å². The number of rotatable bonds is 5. The van der Waals surface area contributed by atoms with Gasteiger partial charge in [0.1, 0.15) is 0 Å². The van der Waals surface area contributed by atoms with Crippen LogP contribution in [-0.4, -0.2) is 22.8 Å². The Hall–Kier alpha value is -3.82. The van der Waals surface area contributed by atoms with Gasteiger partial charge in [0, 0.05) is 16.8 Å². The number of nitrogens with one attached hydrogen (secondary N) is 1. The van der Waals surface area contributed by atoms with Gasteiger partial charge in [-0.15, -0.1) is 0 Å². The minimum Gasteiger partial charge on any atom is -0.287 e. The van der Waals surface area contributed by atoms with E-state index in [1.54, 1.807) is 0 Å². The van der Waals surface area contributed by atoms with E-state index in [0.29, 0.717) is 18.9 Å². The van der Waals surface area contributed by atoms with E-state index in [4.69, 9.17) is 0 Å². The van der Waals surface area contributed by atoms with Crippen molar-refractivity contribution in [3.05, 3.63) is 78.9 Å². The highest BCUT2D eigenvalue weighted by molar-refractivity contribution is 6.23. The average molecular weight is 457 g/mol. The third kappa shape index (κ3) is 3.51. The van der Waals surface area contributed by atoms with Crippen molar-refractivity contribution in [1.29, 1.82) is 0 Å². The molecule has 1 heterocycles. The van der Waals surface area contributed by atoms with Crippen LogP contribution in [0.4, 0.5) is 18.9 Å². The van der Waals surface area contributed by atoms with E-state index < -0.39 is 39.8 Å². The summed E-state index contributed by atoms with van der Waals surface area (Å²) < 4.78 is 38.9. The molecule has 33 heavy (non-hydrogen) atoms. The van der Waals surface area contributed by atoms with Crippen LogP contribution in [0.25, 0.3) is 10.8 Å². The van der Waals surface area contributed by atoms with Gasteiger partial charge in [-0.1, -0.05) is 19.9 Å². The molecule has 4 rings (SSSR count). The summed E-state index contributed by atoms with van der Waals surface area (Å²) in [5, 5.41) is 2.64. The van der Waals surface area contributed by atoms with E-state index in [2.05, 4.69) is 10.5 Å². The summed E-state index contributed by atoms with van der Waals surface area (Å²) in [7, 11) is 0. The lowest BCUT2D eigenvalue weighted by Crippen LogP contribution is -2.39. The van der Waals surface area contributed by atoms with Crippen molar-refractivity contribution in [3.8, 4) is 0 Å². The molecule has 2 amide bonds. The van der Waals surface area contributed by atoms with Gasteiger partial charge >= 0.3 is 6.18 Å². The second kappa shape index (κ2) is 7.95. The number of hydrogen-bond donors (Lipinski definition) is 1. The summed E-state index contributed by atoms with van der Waals surface area (Å²) in [6.45, 7) is 3.73. The van der Waals surface area contributed by atoms with Crippen LogP contribution >= 0.6 is 0 Å². The minimum absolute atomic E-state index is 0.0634. The first-order valence-corrected chi connectivity index (χ1v) is 10.2. The second-order valence-electron chi connectivity index (χ2n) is 7.67. The standard InChI is InChI=1S/C23H18F3N3O4/c1-3-12(4-2)29-21(32)14-6-5-7-16(17(14)22(29)33)27-28-18-19(30)13-9-8-11(23(24,25)26)10-15(13)20(18)31/h5-10,12,27H,3-4H2,1-2H3. The summed E-state index contributed by atoms with van der Waals surface area (Å²) in [5.74, 6) is -0.964. The van der Waals surface area contributed by atoms with Crippen molar-refractivity contribution in [2.24, 2.45) is 5.10 Å². The summed E-state index contributed by atoms with van der Waals surface area (Å²) >= 11 is 0. The Labute approximate surface area is 184 Å². The molecular weight excluding hydrogens is 439 g/mol. The Balaban J connectivity index is 1.79. The highest BCUT2D eigenvalue weighted by Crippen LogP contribution is 2.32. The van der Waals surface area contributed by atoms with Crippen LogP contribution in [0, 0.1) is 0 Å². The second-order valence-corrected chi connectivity index (χ2v) is 7.67. The molecule has 0 saturated heterocycles. The third-order valence-corrected chi connectivity index (χ3v) is 5.81. The molecule has 0 fully saturated rings. The maximum atomic E-state index is 13.0. The molecule has 1 aliphatic rings. The Morgan fingerprint density at radius 1 is 0.939 bits per heavy atom. The number of halogens is 3. The molecule has 7 nitrogen and oxygen atoms in total. The number of hydrogen-bond acceptors (Lipinski definition) is 6. The number of carbonyl (C=O) groups is 2. The number of nitrogens with zero attached hydrogens (tertiary/aromatic N) is 2.